The van der Waals surface area contributed by atoms with Gasteiger partial charge in [-0.05, 0) is 27.2 Å². The number of nitrogens with one attached hydrogen (secondary N) is 1. The van der Waals surface area contributed by atoms with Crippen LogP contribution in [0.5, 0.6) is 0 Å². The van der Waals surface area contributed by atoms with Gasteiger partial charge in [0.2, 0.25) is 0 Å². The van der Waals surface area contributed by atoms with Crippen molar-refractivity contribution in [1.29, 1.82) is 0 Å². The third-order valence-corrected chi connectivity index (χ3v) is 1.66. The van der Waals surface area contributed by atoms with E-state index in [1.165, 1.54) is 0 Å². The first-order chi connectivity index (χ1) is 6.40. The van der Waals surface area contributed by atoms with Crippen molar-refractivity contribution < 1.29 is 4.79 Å². The lowest BCUT2D eigenvalue weighted by Gasteiger charge is -2.27. The predicted octanol–water partition coefficient (Wildman–Crippen LogP) is 1.17. The van der Waals surface area contributed by atoms with Gasteiger partial charge in [-0.1, -0.05) is 6.92 Å². The Bertz CT molecular complexity index is 169. The Hall–Kier alpha value is -0.770. The van der Waals surface area contributed by atoms with Crippen molar-refractivity contribution in [1.82, 2.24) is 10.2 Å². The average Bonchev–Trinajstić information content (AvgIpc) is 2.01. The van der Waals surface area contributed by atoms with E-state index >= 15 is 0 Å². The number of hydrogen-bond donors (Lipinski definition) is 2. The zero-order valence-electron chi connectivity index (χ0n) is 9.76. The van der Waals surface area contributed by atoms with E-state index in [1.807, 2.05) is 27.7 Å². The number of rotatable bonds is 4. The second-order valence-corrected chi connectivity index (χ2v) is 4.46. The summed E-state index contributed by atoms with van der Waals surface area (Å²) in [7, 11) is 0. The molecule has 0 aromatic carbocycles. The standard InChI is InChI=1S/C10H23N3O/c1-5-7-13(8-6-11)9(14)12-10(2,3)4/h5-8,11H2,1-4H3,(H,12,14). The summed E-state index contributed by atoms with van der Waals surface area (Å²) < 4.78 is 0. The maximum absolute atomic E-state index is 11.7. The molecule has 2 amide bonds. The minimum Gasteiger partial charge on any atom is -0.333 e. The number of hydrogen-bond acceptors (Lipinski definition) is 2. The SMILES string of the molecule is CCCN(CCN)C(=O)NC(C)(C)C. The molecule has 4 heteroatoms. The van der Waals surface area contributed by atoms with Gasteiger partial charge >= 0.3 is 6.03 Å². The van der Waals surface area contributed by atoms with Gasteiger partial charge in [0.05, 0.1) is 0 Å². The van der Waals surface area contributed by atoms with Crippen LogP contribution in [-0.2, 0) is 0 Å². The van der Waals surface area contributed by atoms with E-state index in [9.17, 15) is 4.79 Å². The van der Waals surface area contributed by atoms with Crippen LogP contribution in [0.1, 0.15) is 34.1 Å². The Morgan fingerprint density at radius 2 is 1.93 bits per heavy atom. The maximum Gasteiger partial charge on any atom is 0.317 e. The van der Waals surface area contributed by atoms with Gasteiger partial charge in [0.25, 0.3) is 0 Å². The Labute approximate surface area is 86.8 Å². The van der Waals surface area contributed by atoms with Gasteiger partial charge in [-0.3, -0.25) is 0 Å². The van der Waals surface area contributed by atoms with E-state index in [-0.39, 0.29) is 11.6 Å². The number of nitrogens with zero attached hydrogens (tertiary/aromatic N) is 1. The Morgan fingerprint density at radius 1 is 1.36 bits per heavy atom. The fraction of sp³-hybridized carbons (Fsp3) is 0.900. The third kappa shape index (κ3) is 5.80. The van der Waals surface area contributed by atoms with Gasteiger partial charge in [0.1, 0.15) is 0 Å². The van der Waals surface area contributed by atoms with Gasteiger partial charge in [-0.15, -0.1) is 0 Å². The van der Waals surface area contributed by atoms with E-state index < -0.39 is 0 Å². The Kier molecular flexibility index (Phi) is 5.53. The van der Waals surface area contributed by atoms with E-state index in [2.05, 4.69) is 5.32 Å². The second kappa shape index (κ2) is 5.86. The minimum absolute atomic E-state index is 0.0233. The summed E-state index contributed by atoms with van der Waals surface area (Å²) in [4.78, 5) is 13.5. The second-order valence-electron chi connectivity index (χ2n) is 4.46. The van der Waals surface area contributed by atoms with Crippen LogP contribution in [0.2, 0.25) is 0 Å². The molecule has 0 aromatic rings. The lowest BCUT2D eigenvalue weighted by molar-refractivity contribution is 0.190. The lowest BCUT2D eigenvalue weighted by atomic mass is 10.1. The Morgan fingerprint density at radius 3 is 2.29 bits per heavy atom. The van der Waals surface area contributed by atoms with E-state index in [0.717, 1.165) is 13.0 Å². The predicted molar refractivity (Wildman–Crippen MR) is 59.2 cm³/mol. The van der Waals surface area contributed by atoms with Crippen LogP contribution in [0.4, 0.5) is 4.79 Å². The van der Waals surface area contributed by atoms with Crippen molar-refractivity contribution in [2.75, 3.05) is 19.6 Å². The van der Waals surface area contributed by atoms with Crippen LogP contribution in [0.15, 0.2) is 0 Å². The molecular formula is C10H23N3O. The van der Waals surface area contributed by atoms with E-state index in [0.29, 0.717) is 13.1 Å². The molecule has 0 aliphatic rings. The van der Waals surface area contributed by atoms with Gasteiger partial charge in [-0.2, -0.15) is 0 Å². The zero-order chi connectivity index (χ0) is 11.2. The summed E-state index contributed by atoms with van der Waals surface area (Å²) in [6.45, 7) is 9.85. The van der Waals surface area contributed by atoms with Gasteiger partial charge < -0.3 is 16.0 Å². The van der Waals surface area contributed by atoms with Gasteiger partial charge in [-0.25, -0.2) is 4.79 Å². The fourth-order valence-electron chi connectivity index (χ4n) is 1.14. The summed E-state index contributed by atoms with van der Waals surface area (Å²) in [6.07, 6.45) is 0.956. The molecule has 0 aliphatic carbocycles. The molecule has 0 atom stereocenters. The summed E-state index contributed by atoms with van der Waals surface area (Å²) in [5.41, 5.74) is 5.26. The van der Waals surface area contributed by atoms with Crippen LogP contribution in [0.25, 0.3) is 0 Å². The molecule has 0 aliphatic heterocycles. The highest BCUT2D eigenvalue weighted by Crippen LogP contribution is 2.01. The highest BCUT2D eigenvalue weighted by molar-refractivity contribution is 5.74. The normalized spacial score (nSPS) is 11.2. The van der Waals surface area contributed by atoms with Gasteiger partial charge in [0.15, 0.2) is 0 Å². The van der Waals surface area contributed by atoms with Crippen LogP contribution >= 0.6 is 0 Å². The van der Waals surface area contributed by atoms with E-state index in [4.69, 9.17) is 5.73 Å². The monoisotopic (exact) mass is 201 g/mol. The molecule has 0 aromatic heterocycles. The van der Waals surface area contributed by atoms with Crippen molar-refractivity contribution in [3.63, 3.8) is 0 Å². The third-order valence-electron chi connectivity index (χ3n) is 1.66. The highest BCUT2D eigenvalue weighted by atomic mass is 16.2. The van der Waals surface area contributed by atoms with Crippen molar-refractivity contribution in [3.05, 3.63) is 0 Å². The minimum atomic E-state index is -0.183. The van der Waals surface area contributed by atoms with Crippen LogP contribution in [-0.4, -0.2) is 36.1 Å². The molecule has 0 rings (SSSR count). The largest absolute Gasteiger partial charge is 0.333 e. The quantitative estimate of drug-likeness (QED) is 0.717. The molecule has 4 nitrogen and oxygen atoms in total. The summed E-state index contributed by atoms with van der Waals surface area (Å²) in [6, 6.07) is -0.0233. The van der Waals surface area contributed by atoms with Crippen LogP contribution in [0, 0.1) is 0 Å². The van der Waals surface area contributed by atoms with Crippen molar-refractivity contribution in [2.24, 2.45) is 5.73 Å². The highest BCUT2D eigenvalue weighted by Gasteiger charge is 2.18. The summed E-state index contributed by atoms with van der Waals surface area (Å²) >= 11 is 0. The van der Waals surface area contributed by atoms with Crippen molar-refractivity contribution >= 4 is 6.03 Å². The van der Waals surface area contributed by atoms with Crippen molar-refractivity contribution in [2.45, 2.75) is 39.7 Å². The molecule has 0 unspecified atom stereocenters. The fourth-order valence-corrected chi connectivity index (χ4v) is 1.14. The molecule has 0 saturated carbocycles. The number of amides is 2. The topological polar surface area (TPSA) is 58.4 Å². The van der Waals surface area contributed by atoms with Gasteiger partial charge in [0, 0.05) is 25.2 Å². The zero-order valence-corrected chi connectivity index (χ0v) is 9.76. The molecule has 0 radical (unpaired) electrons. The molecule has 3 N–H and O–H groups in total. The van der Waals surface area contributed by atoms with E-state index in [1.54, 1.807) is 4.90 Å². The molecule has 0 bridgehead atoms. The first-order valence-corrected chi connectivity index (χ1v) is 5.18. The molecule has 84 valence electrons. The van der Waals surface area contributed by atoms with Crippen LogP contribution in [0.3, 0.4) is 0 Å². The maximum atomic E-state index is 11.7. The first-order valence-electron chi connectivity index (χ1n) is 5.18. The van der Waals surface area contributed by atoms with Crippen LogP contribution < -0.4 is 11.1 Å². The molecule has 0 saturated heterocycles. The molecule has 14 heavy (non-hydrogen) atoms. The number of carbonyl (C=O) groups excluding carboxylic acids is 1. The molecular weight excluding hydrogens is 178 g/mol. The summed E-state index contributed by atoms with van der Waals surface area (Å²) in [5, 5.41) is 2.92. The number of carbonyl (C=O) groups is 1. The average molecular weight is 201 g/mol. The smallest absolute Gasteiger partial charge is 0.317 e. The number of urea groups is 1. The molecule has 0 heterocycles. The number of nitrogens with two attached hydrogens (primary N) is 1. The Balaban J connectivity index is 4.14. The first kappa shape index (κ1) is 13.2. The molecule has 0 spiro atoms. The molecule has 0 fully saturated rings. The summed E-state index contributed by atoms with van der Waals surface area (Å²) in [5.74, 6) is 0. The lowest BCUT2D eigenvalue weighted by Crippen LogP contribution is -2.49. The van der Waals surface area contributed by atoms with Crippen molar-refractivity contribution in [3.8, 4) is 0 Å².